The molecule has 1 spiro atoms. The molecule has 3 unspecified atom stereocenters. The molecule has 13 nitrogen and oxygen atoms in total. The molecule has 4 aliphatic heterocycles. The molecule has 5 atom stereocenters. The molecule has 2 fully saturated rings. The molecule has 0 aromatic heterocycles. The summed E-state index contributed by atoms with van der Waals surface area (Å²) in [6.07, 6.45) is -14.1. The molecule has 6 N–H and O–H groups in total. The third kappa shape index (κ3) is 4.37. The summed E-state index contributed by atoms with van der Waals surface area (Å²) < 4.78 is 85.8. The number of nitrogens with zero attached hydrogens (tertiary/aromatic N) is 5. The first-order chi connectivity index (χ1) is 19.5. The third-order valence-corrected chi connectivity index (χ3v) is 7.73. The fourth-order valence-corrected chi connectivity index (χ4v) is 5.89. The van der Waals surface area contributed by atoms with Crippen LogP contribution in [0.25, 0.3) is 0 Å². The molecular weight excluding hydrogens is 584 g/mol. The lowest BCUT2D eigenvalue weighted by atomic mass is 9.87. The van der Waals surface area contributed by atoms with Gasteiger partial charge in [0.05, 0.1) is 35.8 Å². The summed E-state index contributed by atoms with van der Waals surface area (Å²) in [7, 11) is 0. The van der Waals surface area contributed by atoms with Crippen molar-refractivity contribution in [1.29, 1.82) is 0 Å². The van der Waals surface area contributed by atoms with Crippen LogP contribution in [0, 0.1) is 0 Å². The lowest BCUT2D eigenvalue weighted by Crippen LogP contribution is -2.74. The SMILES string of the molecule is NC1=NC2[C@H](CN3C(=O)CCC3=O)N=C(N)N3C[C@@H](OC(=O)c4cc(C(F)(F)F)ccc4C(F)(F)F)C(O)C23N1CO. The Morgan fingerprint density at radius 1 is 1.05 bits per heavy atom. The number of carbonyl (C=O) groups excluding carboxylic acids is 3. The number of halogens is 6. The van der Waals surface area contributed by atoms with Gasteiger partial charge in [-0.1, -0.05) is 0 Å². The number of aliphatic hydroxyl groups excluding tert-OH is 2. The van der Waals surface area contributed by atoms with Crippen LogP contribution in [0.5, 0.6) is 0 Å². The van der Waals surface area contributed by atoms with E-state index >= 15 is 0 Å². The van der Waals surface area contributed by atoms with Crippen LogP contribution in [-0.4, -0.2) is 104 Å². The second kappa shape index (κ2) is 9.72. The van der Waals surface area contributed by atoms with Crippen LogP contribution in [0.4, 0.5) is 26.3 Å². The Morgan fingerprint density at radius 2 is 1.69 bits per heavy atom. The number of carbonyl (C=O) groups is 3. The van der Waals surface area contributed by atoms with Crippen molar-refractivity contribution in [3.8, 4) is 0 Å². The van der Waals surface area contributed by atoms with Crippen LogP contribution >= 0.6 is 0 Å². The number of hydrogen-bond acceptors (Lipinski definition) is 12. The van der Waals surface area contributed by atoms with E-state index in [0.29, 0.717) is 0 Å². The third-order valence-electron chi connectivity index (χ3n) is 7.73. The Hall–Kier alpha value is -4.13. The van der Waals surface area contributed by atoms with Gasteiger partial charge in [-0.25, -0.2) is 14.8 Å². The quantitative estimate of drug-likeness (QED) is 0.192. The number of benzene rings is 1. The van der Waals surface area contributed by atoms with E-state index in [1.165, 1.54) is 0 Å². The Kier molecular flexibility index (Phi) is 6.79. The number of likely N-dealkylation sites (tertiary alicyclic amines) is 1. The lowest BCUT2D eigenvalue weighted by Gasteiger charge is -2.50. The molecule has 4 aliphatic rings. The maximum atomic E-state index is 13.6. The van der Waals surface area contributed by atoms with Crippen molar-refractivity contribution in [3.05, 3.63) is 34.9 Å². The van der Waals surface area contributed by atoms with Gasteiger partial charge in [0.2, 0.25) is 11.8 Å². The minimum Gasteiger partial charge on any atom is -0.454 e. The highest BCUT2D eigenvalue weighted by atomic mass is 19.4. The van der Waals surface area contributed by atoms with Gasteiger partial charge in [0.25, 0.3) is 0 Å². The molecule has 1 aromatic carbocycles. The zero-order valence-corrected chi connectivity index (χ0v) is 21.3. The molecule has 2 amide bonds. The van der Waals surface area contributed by atoms with Gasteiger partial charge in [0, 0.05) is 12.8 Å². The maximum Gasteiger partial charge on any atom is 0.417 e. The molecule has 0 saturated carbocycles. The molecule has 0 radical (unpaired) electrons. The van der Waals surface area contributed by atoms with Crippen molar-refractivity contribution < 1.29 is 55.7 Å². The number of imide groups is 1. The predicted octanol–water partition coefficient (Wildman–Crippen LogP) is -0.583. The van der Waals surface area contributed by atoms with Gasteiger partial charge in [-0.3, -0.25) is 19.4 Å². The molecule has 42 heavy (non-hydrogen) atoms. The first kappa shape index (κ1) is 29.4. The second-order valence-electron chi connectivity index (χ2n) is 9.99. The summed E-state index contributed by atoms with van der Waals surface area (Å²) in [6, 6.07) is -2.12. The number of hydrogen-bond donors (Lipinski definition) is 4. The van der Waals surface area contributed by atoms with E-state index in [1.54, 1.807) is 0 Å². The van der Waals surface area contributed by atoms with Gasteiger partial charge >= 0.3 is 18.3 Å². The van der Waals surface area contributed by atoms with Gasteiger partial charge < -0.3 is 31.3 Å². The number of alkyl halides is 6. The smallest absolute Gasteiger partial charge is 0.417 e. The van der Waals surface area contributed by atoms with Crippen molar-refractivity contribution >= 4 is 29.7 Å². The van der Waals surface area contributed by atoms with Crippen molar-refractivity contribution in [2.45, 2.75) is 55.1 Å². The predicted molar refractivity (Wildman–Crippen MR) is 127 cm³/mol. The number of nitrogens with two attached hydrogens (primary N) is 2. The van der Waals surface area contributed by atoms with Crippen LogP contribution < -0.4 is 11.5 Å². The zero-order valence-electron chi connectivity index (χ0n) is 21.3. The Bertz CT molecular complexity index is 1380. The van der Waals surface area contributed by atoms with E-state index in [2.05, 4.69) is 9.98 Å². The first-order valence-corrected chi connectivity index (χ1v) is 12.3. The molecular formula is C23H23F6N7O6. The maximum absolute atomic E-state index is 13.6. The van der Waals surface area contributed by atoms with Crippen LogP contribution in [-0.2, 0) is 26.7 Å². The molecule has 5 rings (SSSR count). The van der Waals surface area contributed by atoms with E-state index in [-0.39, 0.29) is 49.5 Å². The summed E-state index contributed by atoms with van der Waals surface area (Å²) in [6.45, 7) is -1.79. The average Bonchev–Trinajstić information content (AvgIpc) is 3.49. The highest BCUT2D eigenvalue weighted by Crippen LogP contribution is 2.46. The van der Waals surface area contributed by atoms with Crippen LogP contribution in [0.3, 0.4) is 0 Å². The van der Waals surface area contributed by atoms with E-state index in [4.69, 9.17) is 16.2 Å². The summed E-state index contributed by atoms with van der Waals surface area (Å²) in [5.74, 6) is -3.51. The zero-order chi connectivity index (χ0) is 30.9. The summed E-state index contributed by atoms with van der Waals surface area (Å²) >= 11 is 0. The van der Waals surface area contributed by atoms with E-state index < -0.39 is 90.1 Å². The number of aliphatic imine (C=N–C) groups is 2. The van der Waals surface area contributed by atoms with E-state index in [9.17, 15) is 50.9 Å². The number of aliphatic hydroxyl groups is 2. The summed E-state index contributed by atoms with van der Waals surface area (Å²) in [5, 5.41) is 21.7. The molecule has 228 valence electrons. The fraction of sp³-hybridized carbons (Fsp3) is 0.522. The standard InChI is InChI=1S/C23H23F6N7O6/c24-22(25,26)9-1-2-11(23(27,28)29)10(5-9)18(41)42-13-7-35-19(30)32-12(6-34-14(38)3-4-15(34)39)16-21(35,17(13)40)36(8-37)20(31)33-16/h1-2,5,12-13,16-17,37,40H,3-4,6-8H2,(H2,30,32)(H2,31,33)/t12-,13+,16?,17?,21?/m0/s1. The number of ether oxygens (including phenoxy) is 1. The van der Waals surface area contributed by atoms with E-state index in [1.807, 2.05) is 0 Å². The lowest BCUT2D eigenvalue weighted by molar-refractivity contribution is -0.141. The topological polar surface area (TPSA) is 187 Å². The molecule has 2 saturated heterocycles. The average molecular weight is 607 g/mol. The minimum atomic E-state index is -5.23. The van der Waals surface area contributed by atoms with Crippen LogP contribution in [0.1, 0.15) is 34.3 Å². The minimum absolute atomic E-state index is 0.00642. The molecule has 19 heteroatoms. The first-order valence-electron chi connectivity index (χ1n) is 12.3. The summed E-state index contributed by atoms with van der Waals surface area (Å²) in [5.41, 5.74) is 5.50. The van der Waals surface area contributed by atoms with Gasteiger partial charge in [0.15, 0.2) is 17.6 Å². The van der Waals surface area contributed by atoms with Gasteiger partial charge in [-0.2, -0.15) is 26.3 Å². The Morgan fingerprint density at radius 3 is 2.26 bits per heavy atom. The molecule has 4 heterocycles. The molecule has 0 aliphatic carbocycles. The number of amides is 2. The van der Waals surface area contributed by atoms with Crippen molar-refractivity contribution in [2.75, 3.05) is 19.8 Å². The Labute approximate surface area is 232 Å². The Balaban J connectivity index is 1.50. The molecule has 1 aromatic rings. The van der Waals surface area contributed by atoms with Crippen molar-refractivity contribution in [3.63, 3.8) is 0 Å². The highest BCUT2D eigenvalue weighted by Gasteiger charge is 2.69. The second-order valence-corrected chi connectivity index (χ2v) is 9.99. The van der Waals surface area contributed by atoms with Crippen LogP contribution in [0.2, 0.25) is 0 Å². The van der Waals surface area contributed by atoms with Crippen molar-refractivity contribution in [2.24, 2.45) is 21.5 Å². The normalized spacial score (nSPS) is 29.5. The monoisotopic (exact) mass is 607 g/mol. The van der Waals surface area contributed by atoms with Crippen LogP contribution in [0.15, 0.2) is 28.2 Å². The highest BCUT2D eigenvalue weighted by molar-refractivity contribution is 6.02. The van der Waals surface area contributed by atoms with E-state index in [0.717, 1.165) is 14.7 Å². The van der Waals surface area contributed by atoms with Gasteiger partial charge in [-0.05, 0) is 18.2 Å². The number of esters is 1. The molecule has 0 bridgehead atoms. The van der Waals surface area contributed by atoms with Gasteiger partial charge in [0.1, 0.15) is 25.0 Å². The number of guanidine groups is 2. The van der Waals surface area contributed by atoms with Crippen molar-refractivity contribution in [1.82, 2.24) is 14.7 Å². The number of rotatable bonds is 5. The summed E-state index contributed by atoms with van der Waals surface area (Å²) in [4.78, 5) is 49.0. The largest absolute Gasteiger partial charge is 0.454 e. The van der Waals surface area contributed by atoms with Gasteiger partial charge in [-0.15, -0.1) is 0 Å². The fourth-order valence-electron chi connectivity index (χ4n) is 5.89.